The lowest BCUT2D eigenvalue weighted by Crippen LogP contribution is -2.52. The summed E-state index contributed by atoms with van der Waals surface area (Å²) in [6.07, 6.45) is 5.59. The molecule has 2 fully saturated rings. The minimum atomic E-state index is -1.24. The van der Waals surface area contributed by atoms with Crippen LogP contribution in [0.5, 0.6) is 5.75 Å². The van der Waals surface area contributed by atoms with Crippen LogP contribution in [0.4, 0.5) is 15.1 Å². The third-order valence-corrected chi connectivity index (χ3v) is 5.26. The fourth-order valence-electron chi connectivity index (χ4n) is 3.58. The van der Waals surface area contributed by atoms with Gasteiger partial charge in [-0.25, -0.2) is 19.2 Å². The first-order valence-corrected chi connectivity index (χ1v) is 9.25. The number of hydrogen-bond donors (Lipinski definition) is 3. The molecule has 0 bridgehead atoms. The minimum absolute atomic E-state index is 0.110. The lowest BCUT2D eigenvalue weighted by atomic mass is 9.72. The third-order valence-electron chi connectivity index (χ3n) is 5.26. The molecule has 10 heteroatoms. The standard InChI is InChI=1S/C18H24FN5O4/c19-8-13(9-23-17(26)27)12-28-14-10-21-16(22-11-14)24-6-3-18(4-7-24)2-1-5-20-15(18)25/h8,10-11,23H,1-7,9,12H2,(H,20,25)(H,26,27)/b13-8+. The van der Waals surface area contributed by atoms with Gasteiger partial charge >= 0.3 is 6.09 Å². The fourth-order valence-corrected chi connectivity index (χ4v) is 3.58. The summed E-state index contributed by atoms with van der Waals surface area (Å²) < 4.78 is 18.2. The lowest BCUT2D eigenvalue weighted by Gasteiger charge is -2.42. The van der Waals surface area contributed by atoms with E-state index in [0.717, 1.165) is 32.2 Å². The highest BCUT2D eigenvalue weighted by Crippen LogP contribution is 2.38. The van der Waals surface area contributed by atoms with Crippen LogP contribution >= 0.6 is 0 Å². The summed E-state index contributed by atoms with van der Waals surface area (Å²) in [5.74, 6) is 1.09. The third kappa shape index (κ3) is 4.68. The van der Waals surface area contributed by atoms with E-state index in [0.29, 0.717) is 31.1 Å². The van der Waals surface area contributed by atoms with E-state index < -0.39 is 6.09 Å². The van der Waals surface area contributed by atoms with Gasteiger partial charge in [0.15, 0.2) is 5.75 Å². The molecule has 0 aromatic carbocycles. The van der Waals surface area contributed by atoms with Gasteiger partial charge in [0.25, 0.3) is 0 Å². The Labute approximate surface area is 162 Å². The number of anilines is 1. The van der Waals surface area contributed by atoms with Gasteiger partial charge in [0, 0.05) is 31.8 Å². The highest BCUT2D eigenvalue weighted by atomic mass is 19.1. The van der Waals surface area contributed by atoms with Gasteiger partial charge in [0.2, 0.25) is 11.9 Å². The van der Waals surface area contributed by atoms with Gasteiger partial charge in [-0.1, -0.05) is 0 Å². The number of nitrogens with zero attached hydrogens (tertiary/aromatic N) is 3. The van der Waals surface area contributed by atoms with Crippen LogP contribution in [0.1, 0.15) is 25.7 Å². The molecule has 3 rings (SSSR count). The highest BCUT2D eigenvalue weighted by molar-refractivity contribution is 5.83. The van der Waals surface area contributed by atoms with Crippen LogP contribution in [0.3, 0.4) is 0 Å². The summed E-state index contributed by atoms with van der Waals surface area (Å²) in [6.45, 7) is 1.92. The van der Waals surface area contributed by atoms with Crippen molar-refractivity contribution in [2.75, 3.05) is 37.7 Å². The molecule has 3 heterocycles. The molecule has 2 amide bonds. The zero-order valence-electron chi connectivity index (χ0n) is 15.5. The molecule has 0 unspecified atom stereocenters. The fraction of sp³-hybridized carbons (Fsp3) is 0.556. The zero-order valence-corrected chi connectivity index (χ0v) is 15.5. The molecule has 2 aliphatic rings. The number of carbonyl (C=O) groups excluding carboxylic acids is 1. The van der Waals surface area contributed by atoms with E-state index >= 15 is 0 Å². The van der Waals surface area contributed by atoms with Gasteiger partial charge in [-0.2, -0.15) is 0 Å². The molecular weight excluding hydrogens is 369 g/mol. The van der Waals surface area contributed by atoms with Crippen LogP contribution < -0.4 is 20.3 Å². The van der Waals surface area contributed by atoms with E-state index in [9.17, 15) is 14.0 Å². The van der Waals surface area contributed by atoms with Gasteiger partial charge in [-0.05, 0) is 25.7 Å². The van der Waals surface area contributed by atoms with Crippen molar-refractivity contribution in [3.05, 3.63) is 24.3 Å². The summed E-state index contributed by atoms with van der Waals surface area (Å²) in [4.78, 5) is 33.3. The summed E-state index contributed by atoms with van der Waals surface area (Å²) in [6, 6.07) is 0. The number of carboxylic acid groups (broad SMARTS) is 1. The number of piperidine rings is 2. The minimum Gasteiger partial charge on any atom is -0.486 e. The Morgan fingerprint density at radius 3 is 2.68 bits per heavy atom. The molecular formula is C18H24FN5O4. The molecule has 2 aliphatic heterocycles. The number of halogens is 1. The van der Waals surface area contributed by atoms with Crippen molar-refractivity contribution in [2.45, 2.75) is 25.7 Å². The van der Waals surface area contributed by atoms with Crippen molar-refractivity contribution in [1.29, 1.82) is 0 Å². The van der Waals surface area contributed by atoms with Crippen LogP contribution in [0.25, 0.3) is 0 Å². The van der Waals surface area contributed by atoms with Crippen LogP contribution in [0.15, 0.2) is 24.3 Å². The summed E-state index contributed by atoms with van der Waals surface area (Å²) in [7, 11) is 0. The van der Waals surface area contributed by atoms with Crippen LogP contribution in [-0.2, 0) is 4.79 Å². The van der Waals surface area contributed by atoms with Crippen LogP contribution in [-0.4, -0.2) is 59.9 Å². The summed E-state index contributed by atoms with van der Waals surface area (Å²) in [5, 5.41) is 13.6. The molecule has 1 aromatic rings. The Morgan fingerprint density at radius 2 is 2.07 bits per heavy atom. The molecule has 0 atom stereocenters. The molecule has 1 aromatic heterocycles. The second kappa shape index (κ2) is 8.85. The predicted molar refractivity (Wildman–Crippen MR) is 98.9 cm³/mol. The number of ether oxygens (including phenoxy) is 1. The molecule has 0 saturated carbocycles. The molecule has 9 nitrogen and oxygen atoms in total. The first-order chi connectivity index (χ1) is 13.5. The van der Waals surface area contributed by atoms with Crippen molar-refractivity contribution >= 4 is 17.9 Å². The van der Waals surface area contributed by atoms with Gasteiger partial charge < -0.3 is 25.4 Å². The number of hydrogen-bond acceptors (Lipinski definition) is 6. The second-order valence-electron chi connectivity index (χ2n) is 7.06. The Hall–Kier alpha value is -2.91. The number of amides is 2. The summed E-state index contributed by atoms with van der Waals surface area (Å²) >= 11 is 0. The number of rotatable bonds is 6. The van der Waals surface area contributed by atoms with E-state index in [2.05, 4.69) is 20.6 Å². The highest BCUT2D eigenvalue weighted by Gasteiger charge is 2.42. The second-order valence-corrected chi connectivity index (χ2v) is 7.06. The van der Waals surface area contributed by atoms with Crippen molar-refractivity contribution in [3.8, 4) is 5.75 Å². The van der Waals surface area contributed by atoms with Crippen molar-refractivity contribution in [3.63, 3.8) is 0 Å². The normalized spacial score (nSPS) is 19.2. The van der Waals surface area contributed by atoms with Crippen molar-refractivity contribution < 1.29 is 23.8 Å². The maximum Gasteiger partial charge on any atom is 0.404 e. The lowest BCUT2D eigenvalue weighted by molar-refractivity contribution is -0.134. The Balaban J connectivity index is 1.51. The van der Waals surface area contributed by atoms with Gasteiger partial charge in [-0.15, -0.1) is 0 Å². The Bertz CT molecular complexity index is 732. The quantitative estimate of drug-likeness (QED) is 0.670. The van der Waals surface area contributed by atoms with Crippen LogP contribution in [0.2, 0.25) is 0 Å². The molecule has 2 saturated heterocycles. The van der Waals surface area contributed by atoms with Gasteiger partial charge in [0.1, 0.15) is 6.61 Å². The molecule has 3 N–H and O–H groups in total. The van der Waals surface area contributed by atoms with Gasteiger partial charge in [-0.3, -0.25) is 4.79 Å². The van der Waals surface area contributed by atoms with Crippen molar-refractivity contribution in [1.82, 2.24) is 20.6 Å². The molecule has 0 aliphatic carbocycles. The average Bonchev–Trinajstić information content (AvgIpc) is 2.71. The maximum atomic E-state index is 12.8. The van der Waals surface area contributed by atoms with E-state index in [1.165, 1.54) is 12.4 Å². The average molecular weight is 393 g/mol. The maximum absolute atomic E-state index is 12.8. The molecule has 0 radical (unpaired) electrons. The number of aromatic nitrogens is 2. The Kier molecular flexibility index (Phi) is 6.27. The van der Waals surface area contributed by atoms with E-state index in [1.807, 2.05) is 4.90 Å². The largest absolute Gasteiger partial charge is 0.486 e. The van der Waals surface area contributed by atoms with Crippen LogP contribution in [0, 0.1) is 5.41 Å². The van der Waals surface area contributed by atoms with E-state index in [1.54, 1.807) is 0 Å². The van der Waals surface area contributed by atoms with Crippen molar-refractivity contribution in [2.24, 2.45) is 5.41 Å². The molecule has 28 heavy (non-hydrogen) atoms. The Morgan fingerprint density at radius 1 is 1.36 bits per heavy atom. The topological polar surface area (TPSA) is 117 Å². The van der Waals surface area contributed by atoms with E-state index in [-0.39, 0.29) is 30.0 Å². The SMILES string of the molecule is O=C(O)NC/C(=C\F)COc1cnc(N2CCC3(CCCNC3=O)CC2)nc1. The molecule has 152 valence electrons. The first kappa shape index (κ1) is 19.8. The summed E-state index contributed by atoms with van der Waals surface area (Å²) in [5.41, 5.74) is -0.102. The number of carbonyl (C=O) groups is 2. The first-order valence-electron chi connectivity index (χ1n) is 9.25. The number of nitrogens with one attached hydrogen (secondary N) is 2. The predicted octanol–water partition coefficient (Wildman–Crippen LogP) is 1.47. The molecule has 1 spiro atoms. The van der Waals surface area contributed by atoms with Gasteiger partial charge in [0.05, 0.1) is 24.1 Å². The zero-order chi connectivity index (χ0) is 20.0. The smallest absolute Gasteiger partial charge is 0.404 e. The van der Waals surface area contributed by atoms with E-state index in [4.69, 9.17) is 9.84 Å². The monoisotopic (exact) mass is 393 g/mol.